The maximum absolute atomic E-state index is 12.6. The average molecular weight is 381 g/mol. The van der Waals surface area contributed by atoms with Crippen LogP contribution in [0.4, 0.5) is 17.1 Å². The van der Waals surface area contributed by atoms with Gasteiger partial charge in [-0.25, -0.2) is 0 Å². The summed E-state index contributed by atoms with van der Waals surface area (Å²) in [5.41, 5.74) is 2.63. The fourth-order valence-electron chi connectivity index (χ4n) is 3.51. The zero-order valence-electron chi connectivity index (χ0n) is 16.6. The molecule has 0 aliphatic carbocycles. The van der Waals surface area contributed by atoms with Gasteiger partial charge in [-0.05, 0) is 50.2 Å². The van der Waals surface area contributed by atoms with Crippen molar-refractivity contribution in [3.8, 4) is 5.75 Å². The van der Waals surface area contributed by atoms with Gasteiger partial charge in [-0.15, -0.1) is 0 Å². The van der Waals surface area contributed by atoms with E-state index in [1.807, 2.05) is 36.4 Å². The Morgan fingerprint density at radius 2 is 1.89 bits per heavy atom. The van der Waals surface area contributed by atoms with Crippen molar-refractivity contribution >= 4 is 28.9 Å². The maximum atomic E-state index is 12.6. The Balaban J connectivity index is 1.66. The SMILES string of the molecule is CCN(CC)c1ccc(N2CC(C(=O)Nc3cccc(OC)c3)CC2=O)cc1. The molecular weight excluding hydrogens is 354 g/mol. The predicted molar refractivity (Wildman–Crippen MR) is 112 cm³/mol. The van der Waals surface area contributed by atoms with Gasteiger partial charge in [0.2, 0.25) is 11.8 Å². The highest BCUT2D eigenvalue weighted by Crippen LogP contribution is 2.28. The fraction of sp³-hybridized carbons (Fsp3) is 0.364. The van der Waals surface area contributed by atoms with Crippen LogP contribution in [0.25, 0.3) is 0 Å². The molecule has 1 N–H and O–H groups in total. The van der Waals surface area contributed by atoms with Gasteiger partial charge in [-0.2, -0.15) is 0 Å². The zero-order chi connectivity index (χ0) is 20.1. The van der Waals surface area contributed by atoms with Crippen LogP contribution in [0.3, 0.4) is 0 Å². The van der Waals surface area contributed by atoms with Gasteiger partial charge in [-0.3, -0.25) is 9.59 Å². The van der Waals surface area contributed by atoms with Crippen molar-refractivity contribution in [1.82, 2.24) is 0 Å². The molecule has 2 amide bonds. The van der Waals surface area contributed by atoms with E-state index in [0.29, 0.717) is 18.0 Å². The molecule has 1 fully saturated rings. The van der Waals surface area contributed by atoms with Crippen molar-refractivity contribution in [2.45, 2.75) is 20.3 Å². The van der Waals surface area contributed by atoms with Crippen LogP contribution in [0.5, 0.6) is 5.75 Å². The van der Waals surface area contributed by atoms with Gasteiger partial charge in [0.05, 0.1) is 13.0 Å². The summed E-state index contributed by atoms with van der Waals surface area (Å²) in [5, 5.41) is 2.89. The Hall–Kier alpha value is -3.02. The first-order valence-corrected chi connectivity index (χ1v) is 9.66. The molecule has 0 spiro atoms. The second-order valence-corrected chi connectivity index (χ2v) is 6.82. The van der Waals surface area contributed by atoms with E-state index in [4.69, 9.17) is 4.74 Å². The minimum absolute atomic E-state index is 0.0265. The van der Waals surface area contributed by atoms with Crippen LogP contribution in [-0.4, -0.2) is 38.6 Å². The molecule has 1 unspecified atom stereocenters. The highest BCUT2D eigenvalue weighted by atomic mass is 16.5. The molecule has 1 heterocycles. The van der Waals surface area contributed by atoms with E-state index in [0.717, 1.165) is 24.5 Å². The van der Waals surface area contributed by atoms with E-state index < -0.39 is 0 Å². The number of rotatable bonds is 7. The summed E-state index contributed by atoms with van der Waals surface area (Å²) in [6.07, 6.45) is 0.216. The van der Waals surface area contributed by atoms with Gasteiger partial charge in [0, 0.05) is 49.2 Å². The third-order valence-electron chi connectivity index (χ3n) is 5.12. The average Bonchev–Trinajstić information content (AvgIpc) is 3.11. The summed E-state index contributed by atoms with van der Waals surface area (Å²) in [6, 6.07) is 15.2. The van der Waals surface area contributed by atoms with Crippen molar-refractivity contribution in [1.29, 1.82) is 0 Å². The maximum Gasteiger partial charge on any atom is 0.229 e. The lowest BCUT2D eigenvalue weighted by Crippen LogP contribution is -2.28. The molecule has 1 atom stereocenters. The second-order valence-electron chi connectivity index (χ2n) is 6.82. The van der Waals surface area contributed by atoms with Crippen LogP contribution in [0.2, 0.25) is 0 Å². The van der Waals surface area contributed by atoms with Crippen LogP contribution < -0.4 is 19.9 Å². The first-order chi connectivity index (χ1) is 13.5. The highest BCUT2D eigenvalue weighted by Gasteiger charge is 2.35. The normalized spacial score (nSPS) is 16.2. The molecule has 3 rings (SSSR count). The smallest absolute Gasteiger partial charge is 0.229 e. The van der Waals surface area contributed by atoms with Crippen molar-refractivity contribution in [2.75, 3.05) is 41.9 Å². The minimum Gasteiger partial charge on any atom is -0.497 e. The molecule has 0 bridgehead atoms. The first kappa shape index (κ1) is 19.7. The number of nitrogens with zero attached hydrogens (tertiary/aromatic N) is 2. The summed E-state index contributed by atoms with van der Waals surface area (Å²) < 4.78 is 5.18. The van der Waals surface area contributed by atoms with Gasteiger partial charge in [0.25, 0.3) is 0 Å². The number of hydrogen-bond donors (Lipinski definition) is 1. The predicted octanol–water partition coefficient (Wildman–Crippen LogP) is 3.53. The van der Waals surface area contributed by atoms with Gasteiger partial charge in [0.1, 0.15) is 5.75 Å². The summed E-state index contributed by atoms with van der Waals surface area (Å²) in [6.45, 7) is 6.50. The van der Waals surface area contributed by atoms with Crippen LogP contribution in [0.15, 0.2) is 48.5 Å². The molecule has 28 heavy (non-hydrogen) atoms. The van der Waals surface area contributed by atoms with Crippen LogP contribution in [-0.2, 0) is 9.59 Å². The van der Waals surface area contributed by atoms with Gasteiger partial charge < -0.3 is 19.9 Å². The Morgan fingerprint density at radius 3 is 2.54 bits per heavy atom. The monoisotopic (exact) mass is 381 g/mol. The fourth-order valence-corrected chi connectivity index (χ4v) is 3.51. The largest absolute Gasteiger partial charge is 0.497 e. The molecule has 0 radical (unpaired) electrons. The number of ether oxygens (including phenoxy) is 1. The molecule has 0 aromatic heterocycles. The third-order valence-corrected chi connectivity index (χ3v) is 5.12. The number of amides is 2. The Labute approximate surface area is 166 Å². The second kappa shape index (κ2) is 8.78. The lowest BCUT2D eigenvalue weighted by Gasteiger charge is -2.22. The number of methoxy groups -OCH3 is 1. The number of benzene rings is 2. The van der Waals surface area contributed by atoms with E-state index >= 15 is 0 Å². The van der Waals surface area contributed by atoms with Crippen LogP contribution >= 0.6 is 0 Å². The topological polar surface area (TPSA) is 61.9 Å². The van der Waals surface area contributed by atoms with Gasteiger partial charge >= 0.3 is 0 Å². The van der Waals surface area contributed by atoms with Crippen molar-refractivity contribution in [3.63, 3.8) is 0 Å². The molecule has 2 aromatic rings. The summed E-state index contributed by atoms with van der Waals surface area (Å²) in [5.74, 6) is 0.127. The molecule has 6 heteroatoms. The summed E-state index contributed by atoms with van der Waals surface area (Å²) in [7, 11) is 1.58. The molecule has 1 aliphatic heterocycles. The molecule has 6 nitrogen and oxygen atoms in total. The zero-order valence-corrected chi connectivity index (χ0v) is 16.6. The van der Waals surface area contributed by atoms with E-state index in [1.165, 1.54) is 0 Å². The Bertz CT molecular complexity index is 831. The number of nitrogens with one attached hydrogen (secondary N) is 1. The van der Waals surface area contributed by atoms with Crippen molar-refractivity contribution in [2.24, 2.45) is 5.92 Å². The number of carbonyl (C=O) groups excluding carboxylic acids is 2. The van der Waals surface area contributed by atoms with E-state index in [-0.39, 0.29) is 24.2 Å². The molecule has 1 aliphatic rings. The van der Waals surface area contributed by atoms with E-state index in [1.54, 1.807) is 24.1 Å². The first-order valence-electron chi connectivity index (χ1n) is 9.66. The number of hydrogen-bond acceptors (Lipinski definition) is 4. The number of anilines is 3. The highest BCUT2D eigenvalue weighted by molar-refractivity contribution is 6.03. The quantitative estimate of drug-likeness (QED) is 0.797. The lowest BCUT2D eigenvalue weighted by molar-refractivity contribution is -0.122. The standard InChI is InChI=1S/C22H27N3O3/c1-4-24(5-2)18-9-11-19(12-10-18)25-15-16(13-21(25)26)22(27)23-17-7-6-8-20(14-17)28-3/h6-12,14,16H,4-5,13,15H2,1-3H3,(H,23,27). The van der Waals surface area contributed by atoms with Crippen molar-refractivity contribution < 1.29 is 14.3 Å². The van der Waals surface area contributed by atoms with Crippen LogP contribution in [0, 0.1) is 5.92 Å². The molecule has 2 aromatic carbocycles. The van der Waals surface area contributed by atoms with E-state index in [9.17, 15) is 9.59 Å². The molecule has 1 saturated heterocycles. The Kier molecular flexibility index (Phi) is 6.19. The molecular formula is C22H27N3O3. The van der Waals surface area contributed by atoms with E-state index in [2.05, 4.69) is 24.1 Å². The lowest BCUT2D eigenvalue weighted by atomic mass is 10.1. The third kappa shape index (κ3) is 4.27. The van der Waals surface area contributed by atoms with Crippen LogP contribution in [0.1, 0.15) is 20.3 Å². The molecule has 0 saturated carbocycles. The summed E-state index contributed by atoms with van der Waals surface area (Å²) >= 11 is 0. The number of carbonyl (C=O) groups is 2. The molecule has 148 valence electrons. The minimum atomic E-state index is -0.374. The van der Waals surface area contributed by atoms with Gasteiger partial charge in [-0.1, -0.05) is 6.07 Å². The van der Waals surface area contributed by atoms with Crippen molar-refractivity contribution in [3.05, 3.63) is 48.5 Å². The van der Waals surface area contributed by atoms with Gasteiger partial charge in [0.15, 0.2) is 0 Å². The summed E-state index contributed by atoms with van der Waals surface area (Å²) in [4.78, 5) is 29.1. The Morgan fingerprint density at radius 1 is 1.18 bits per heavy atom.